The van der Waals surface area contributed by atoms with Gasteiger partial charge in [-0.05, 0) is 36.4 Å². The maximum absolute atomic E-state index is 13.8. The van der Waals surface area contributed by atoms with Crippen LogP contribution in [0, 0.1) is 5.41 Å². The topological polar surface area (TPSA) is 18.5 Å². The van der Waals surface area contributed by atoms with E-state index in [2.05, 4.69) is 0 Å². The van der Waals surface area contributed by atoms with Crippen LogP contribution in [0.5, 0.6) is 5.75 Å². The van der Waals surface area contributed by atoms with Crippen LogP contribution in [-0.4, -0.2) is 13.4 Å². The normalized spacial score (nSPS) is 13.3. The third-order valence-electron chi connectivity index (χ3n) is 4.61. The number of methoxy groups -OCH3 is 1. The molecule has 0 aromatic heterocycles. The summed E-state index contributed by atoms with van der Waals surface area (Å²) in [7, 11) is 0.850. The molecule has 3 aromatic carbocycles. The average Bonchev–Trinajstić information content (AvgIpc) is 2.72. The van der Waals surface area contributed by atoms with Gasteiger partial charge in [0.1, 0.15) is 5.75 Å². The lowest BCUT2D eigenvalue weighted by Gasteiger charge is -2.30. The quantitative estimate of drug-likeness (QED) is 0.294. The van der Waals surface area contributed by atoms with E-state index >= 15 is 0 Å². The first-order valence-corrected chi connectivity index (χ1v) is 11.1. The predicted molar refractivity (Wildman–Crippen MR) is 117 cm³/mol. The van der Waals surface area contributed by atoms with Crippen molar-refractivity contribution in [2.45, 2.75) is 47.9 Å². The Bertz CT molecular complexity index is 944. The minimum absolute atomic E-state index is 0.226. The van der Waals surface area contributed by atoms with Gasteiger partial charge in [0.2, 0.25) is 6.29 Å². The van der Waals surface area contributed by atoms with E-state index in [1.54, 1.807) is 0 Å². The van der Waals surface area contributed by atoms with E-state index in [1.807, 2.05) is 81.4 Å². The van der Waals surface area contributed by atoms with Crippen molar-refractivity contribution in [2.75, 3.05) is 7.11 Å². The number of halogens is 3. The van der Waals surface area contributed by atoms with Crippen LogP contribution in [0.25, 0.3) is 0 Å². The molecule has 0 N–H and O–H groups in total. The molecule has 0 aliphatic rings. The number of alkyl halides is 3. The lowest BCUT2D eigenvalue weighted by atomic mass is 9.96. The van der Waals surface area contributed by atoms with Crippen molar-refractivity contribution < 1.29 is 22.6 Å². The fourth-order valence-electron chi connectivity index (χ4n) is 3.18. The highest BCUT2D eigenvalue weighted by molar-refractivity contribution is 7.97. The molecule has 0 bridgehead atoms. The van der Waals surface area contributed by atoms with Gasteiger partial charge in [-0.15, -0.1) is 0 Å². The molecule has 0 spiro atoms. The van der Waals surface area contributed by atoms with Gasteiger partial charge in [0.25, 0.3) is 0 Å². The first-order chi connectivity index (χ1) is 14.6. The van der Waals surface area contributed by atoms with Gasteiger partial charge in [0, 0.05) is 18.6 Å². The highest BCUT2D eigenvalue weighted by atomic mass is 32.2. The molecule has 0 aliphatic heterocycles. The van der Waals surface area contributed by atoms with Crippen LogP contribution in [0.1, 0.15) is 26.3 Å². The van der Waals surface area contributed by atoms with E-state index in [0.29, 0.717) is 0 Å². The first kappa shape index (κ1) is 23.2. The third-order valence-corrected chi connectivity index (χ3v) is 6.82. The standard InChI is InChI=1S/C25H26F3O2S/c1-24(2,3)23(29-4)30-22-17-20(15-16-21(22)25(26,27)28)31(18-11-7-5-8-12-18)19-13-9-6-10-14-19/h5-17,23H,1-4H3/q+1. The van der Waals surface area contributed by atoms with Gasteiger partial charge in [-0.3, -0.25) is 0 Å². The summed E-state index contributed by atoms with van der Waals surface area (Å²) in [6.07, 6.45) is -5.37. The van der Waals surface area contributed by atoms with E-state index in [0.717, 1.165) is 20.8 Å². The average molecular weight is 448 g/mol. The van der Waals surface area contributed by atoms with Gasteiger partial charge in [-0.1, -0.05) is 57.2 Å². The summed E-state index contributed by atoms with van der Waals surface area (Å²) >= 11 is 0. The molecular formula is C25H26F3O2S+. The minimum atomic E-state index is -4.54. The van der Waals surface area contributed by atoms with E-state index in [4.69, 9.17) is 9.47 Å². The molecule has 2 nitrogen and oxygen atoms in total. The van der Waals surface area contributed by atoms with Gasteiger partial charge < -0.3 is 9.47 Å². The second kappa shape index (κ2) is 9.37. The van der Waals surface area contributed by atoms with Crippen LogP contribution in [0.2, 0.25) is 0 Å². The second-order valence-corrected chi connectivity index (χ2v) is 10.2. The molecule has 1 unspecified atom stereocenters. The molecule has 0 heterocycles. The molecule has 0 amide bonds. The van der Waals surface area contributed by atoms with Crippen LogP contribution in [0.15, 0.2) is 93.5 Å². The Balaban J connectivity index is 2.15. The van der Waals surface area contributed by atoms with E-state index in [9.17, 15) is 13.2 Å². The fourth-order valence-corrected chi connectivity index (χ4v) is 5.28. The molecule has 0 fully saturated rings. The summed E-state index contributed by atoms with van der Waals surface area (Å²) < 4.78 is 52.5. The summed E-state index contributed by atoms with van der Waals surface area (Å²) in [5, 5.41) is 0. The largest absolute Gasteiger partial charge is 0.464 e. The van der Waals surface area contributed by atoms with Crippen LogP contribution in [0.4, 0.5) is 13.2 Å². The predicted octanol–water partition coefficient (Wildman–Crippen LogP) is 7.20. The Labute approximate surface area is 184 Å². The summed E-state index contributed by atoms with van der Waals surface area (Å²) in [4.78, 5) is 2.77. The van der Waals surface area contributed by atoms with Crippen molar-refractivity contribution in [1.29, 1.82) is 0 Å². The highest BCUT2D eigenvalue weighted by Gasteiger charge is 2.39. The number of hydrogen-bond donors (Lipinski definition) is 0. The van der Waals surface area contributed by atoms with Crippen LogP contribution in [0.3, 0.4) is 0 Å². The molecule has 164 valence electrons. The number of rotatable bonds is 6. The van der Waals surface area contributed by atoms with Crippen molar-refractivity contribution in [3.05, 3.63) is 84.4 Å². The van der Waals surface area contributed by atoms with E-state index < -0.39 is 34.3 Å². The molecule has 31 heavy (non-hydrogen) atoms. The number of ether oxygens (including phenoxy) is 2. The van der Waals surface area contributed by atoms with Crippen LogP contribution >= 0.6 is 0 Å². The minimum Gasteiger partial charge on any atom is -0.464 e. The van der Waals surface area contributed by atoms with Crippen LogP contribution in [-0.2, 0) is 21.8 Å². The maximum atomic E-state index is 13.8. The van der Waals surface area contributed by atoms with Gasteiger partial charge in [-0.2, -0.15) is 13.2 Å². The van der Waals surface area contributed by atoms with E-state index in [-0.39, 0.29) is 5.75 Å². The van der Waals surface area contributed by atoms with Crippen molar-refractivity contribution in [2.24, 2.45) is 5.41 Å². The Hall–Kier alpha value is -2.44. The smallest absolute Gasteiger partial charge is 0.419 e. The molecule has 0 radical (unpaired) electrons. The molecule has 3 rings (SSSR count). The SMILES string of the molecule is COC(Oc1cc([S+](c2ccccc2)c2ccccc2)ccc1C(F)(F)F)C(C)(C)C. The zero-order valence-corrected chi connectivity index (χ0v) is 18.8. The van der Waals surface area contributed by atoms with Crippen molar-refractivity contribution in [3.63, 3.8) is 0 Å². The lowest BCUT2D eigenvalue weighted by molar-refractivity contribution is -0.148. The fraction of sp³-hybridized carbons (Fsp3) is 0.280. The van der Waals surface area contributed by atoms with Crippen molar-refractivity contribution in [1.82, 2.24) is 0 Å². The Morgan fingerprint density at radius 2 is 1.26 bits per heavy atom. The second-order valence-electron chi connectivity index (χ2n) is 8.14. The van der Waals surface area contributed by atoms with Gasteiger partial charge in [0.15, 0.2) is 14.7 Å². The zero-order chi connectivity index (χ0) is 22.6. The maximum Gasteiger partial charge on any atom is 0.419 e. The molecule has 0 aliphatic carbocycles. The van der Waals surface area contributed by atoms with Gasteiger partial charge >= 0.3 is 6.18 Å². The summed E-state index contributed by atoms with van der Waals surface area (Å²) in [5.74, 6) is -0.226. The van der Waals surface area contributed by atoms with E-state index in [1.165, 1.54) is 19.2 Å². The number of hydrogen-bond acceptors (Lipinski definition) is 2. The Morgan fingerprint density at radius 1 is 0.742 bits per heavy atom. The number of benzene rings is 3. The summed E-state index contributed by atoms with van der Waals surface area (Å²) in [6.45, 7) is 5.57. The molecule has 3 aromatic rings. The van der Waals surface area contributed by atoms with Crippen molar-refractivity contribution >= 4 is 10.9 Å². The van der Waals surface area contributed by atoms with Crippen molar-refractivity contribution in [3.8, 4) is 5.75 Å². The molecule has 0 saturated heterocycles. The van der Waals surface area contributed by atoms with Gasteiger partial charge in [0.05, 0.1) is 16.5 Å². The van der Waals surface area contributed by atoms with Gasteiger partial charge in [-0.25, -0.2) is 0 Å². The summed E-state index contributed by atoms with van der Waals surface area (Å²) in [5.41, 5.74) is -1.32. The molecule has 0 saturated carbocycles. The molecule has 6 heteroatoms. The third kappa shape index (κ3) is 5.63. The Kier molecular flexibility index (Phi) is 7.02. The van der Waals surface area contributed by atoms with Crippen LogP contribution < -0.4 is 4.74 Å². The zero-order valence-electron chi connectivity index (χ0n) is 17.9. The first-order valence-electron chi connectivity index (χ1n) is 9.86. The Morgan fingerprint density at radius 3 is 1.68 bits per heavy atom. The lowest BCUT2D eigenvalue weighted by Crippen LogP contribution is -2.34. The molecular weight excluding hydrogens is 421 g/mol. The summed E-state index contributed by atoms with van der Waals surface area (Å²) in [6, 6.07) is 23.7. The molecule has 1 atom stereocenters. The highest BCUT2D eigenvalue weighted by Crippen LogP contribution is 2.41. The monoisotopic (exact) mass is 447 g/mol.